The summed E-state index contributed by atoms with van der Waals surface area (Å²) in [7, 11) is 6.81. The van der Waals surface area contributed by atoms with Crippen LogP contribution in [0.4, 0.5) is 8.78 Å². The van der Waals surface area contributed by atoms with E-state index in [-0.39, 0.29) is 23.4 Å². The molecular formula is C22H26F2N2O4. The second-order valence-corrected chi connectivity index (χ2v) is 6.59. The number of para-hydroxylation sites is 1. The third-order valence-electron chi connectivity index (χ3n) is 4.42. The zero-order chi connectivity index (χ0) is 22.1. The Labute approximate surface area is 175 Å². The minimum absolute atomic E-state index is 0.0697. The molecule has 2 rings (SSSR count). The molecule has 0 aliphatic carbocycles. The fourth-order valence-electron chi connectivity index (χ4n) is 2.92. The molecule has 1 amide bonds. The van der Waals surface area contributed by atoms with Gasteiger partial charge in [-0.1, -0.05) is 24.3 Å². The standard InChI is InChI=1S/C22H26F2N2O4/c1-26(2)17(16-7-5-6-8-18(16)28-3)14-25-21(27)12-10-15-9-11-19(30-22(23)24)20(13-15)29-4/h5-13,17,22H,14H2,1-4H3,(H,25,27)/b12-10+. The summed E-state index contributed by atoms with van der Waals surface area (Å²) in [4.78, 5) is 14.3. The monoisotopic (exact) mass is 420 g/mol. The minimum atomic E-state index is -2.95. The molecule has 0 heterocycles. The number of halogens is 2. The normalized spacial score (nSPS) is 12.3. The summed E-state index contributed by atoms with van der Waals surface area (Å²) in [6.45, 7) is -2.57. The highest BCUT2D eigenvalue weighted by Crippen LogP contribution is 2.30. The molecule has 0 aliphatic heterocycles. The van der Waals surface area contributed by atoms with Gasteiger partial charge in [-0.05, 0) is 43.9 Å². The molecule has 0 aromatic heterocycles. The van der Waals surface area contributed by atoms with Gasteiger partial charge >= 0.3 is 6.61 Å². The quantitative estimate of drug-likeness (QED) is 0.594. The van der Waals surface area contributed by atoms with E-state index in [9.17, 15) is 13.6 Å². The highest BCUT2D eigenvalue weighted by Gasteiger charge is 2.18. The molecule has 8 heteroatoms. The number of ether oxygens (including phenoxy) is 3. The highest BCUT2D eigenvalue weighted by atomic mass is 19.3. The molecule has 1 atom stereocenters. The van der Waals surface area contributed by atoms with Crippen molar-refractivity contribution in [1.29, 1.82) is 0 Å². The molecule has 6 nitrogen and oxygen atoms in total. The maximum absolute atomic E-state index is 12.4. The molecule has 1 unspecified atom stereocenters. The van der Waals surface area contributed by atoms with Gasteiger partial charge in [0.25, 0.3) is 0 Å². The first kappa shape index (κ1) is 23.2. The van der Waals surface area contributed by atoms with Gasteiger partial charge in [-0.15, -0.1) is 0 Å². The number of amides is 1. The summed E-state index contributed by atoms with van der Waals surface area (Å²) in [6.07, 6.45) is 2.94. The van der Waals surface area contributed by atoms with E-state index in [1.165, 1.54) is 25.3 Å². The van der Waals surface area contributed by atoms with Gasteiger partial charge < -0.3 is 24.4 Å². The van der Waals surface area contributed by atoms with Crippen LogP contribution in [0, 0.1) is 0 Å². The molecule has 0 radical (unpaired) electrons. The third kappa shape index (κ3) is 6.45. The molecule has 0 bridgehead atoms. The Balaban J connectivity index is 2.04. The fourth-order valence-corrected chi connectivity index (χ4v) is 2.92. The summed E-state index contributed by atoms with van der Waals surface area (Å²) >= 11 is 0. The van der Waals surface area contributed by atoms with Gasteiger partial charge in [0.05, 0.1) is 20.3 Å². The van der Waals surface area contributed by atoms with Gasteiger partial charge in [-0.25, -0.2) is 0 Å². The van der Waals surface area contributed by atoms with E-state index in [0.717, 1.165) is 11.3 Å². The number of nitrogens with zero attached hydrogens (tertiary/aromatic N) is 1. The topological polar surface area (TPSA) is 60.0 Å². The van der Waals surface area contributed by atoms with Crippen molar-refractivity contribution in [1.82, 2.24) is 10.2 Å². The summed E-state index contributed by atoms with van der Waals surface area (Å²) in [5.74, 6) is 0.546. The van der Waals surface area contributed by atoms with E-state index in [0.29, 0.717) is 12.1 Å². The molecular weight excluding hydrogens is 394 g/mol. The Kier molecular flexibility index (Phi) is 8.61. The predicted octanol–water partition coefficient (Wildman–Crippen LogP) is 3.74. The molecule has 0 spiro atoms. The number of hydrogen-bond donors (Lipinski definition) is 1. The van der Waals surface area contributed by atoms with Crippen molar-refractivity contribution in [2.24, 2.45) is 0 Å². The van der Waals surface area contributed by atoms with Crippen LogP contribution in [0.15, 0.2) is 48.5 Å². The van der Waals surface area contributed by atoms with Gasteiger partial charge in [0.1, 0.15) is 5.75 Å². The van der Waals surface area contributed by atoms with Crippen molar-refractivity contribution in [3.8, 4) is 17.2 Å². The number of carbonyl (C=O) groups is 1. The summed E-state index contributed by atoms with van der Waals surface area (Å²) in [6, 6.07) is 12.0. The largest absolute Gasteiger partial charge is 0.496 e. The van der Waals surface area contributed by atoms with Crippen LogP contribution >= 0.6 is 0 Å². The fraction of sp³-hybridized carbons (Fsp3) is 0.318. The van der Waals surface area contributed by atoms with Crippen molar-refractivity contribution in [2.75, 3.05) is 34.9 Å². The first-order valence-corrected chi connectivity index (χ1v) is 9.23. The van der Waals surface area contributed by atoms with Crippen LogP contribution in [0.2, 0.25) is 0 Å². The first-order chi connectivity index (χ1) is 14.3. The van der Waals surface area contributed by atoms with Crippen LogP contribution in [-0.4, -0.2) is 52.3 Å². The number of rotatable bonds is 10. The molecule has 0 fully saturated rings. The smallest absolute Gasteiger partial charge is 0.387 e. The Morgan fingerprint density at radius 3 is 2.40 bits per heavy atom. The molecule has 0 saturated heterocycles. The molecule has 0 saturated carbocycles. The second kappa shape index (κ2) is 11.2. The predicted molar refractivity (Wildman–Crippen MR) is 111 cm³/mol. The van der Waals surface area contributed by atoms with E-state index >= 15 is 0 Å². The molecule has 1 N–H and O–H groups in total. The van der Waals surface area contributed by atoms with E-state index < -0.39 is 6.61 Å². The molecule has 2 aromatic rings. The number of carbonyl (C=O) groups excluding carboxylic acids is 1. The van der Waals surface area contributed by atoms with Crippen molar-refractivity contribution in [3.63, 3.8) is 0 Å². The number of alkyl halides is 2. The number of likely N-dealkylation sites (N-methyl/N-ethyl adjacent to an activating group) is 1. The SMILES string of the molecule is COc1cc(/C=C/C(=O)NCC(c2ccccc2OC)N(C)C)ccc1OC(F)F. The lowest BCUT2D eigenvalue weighted by Crippen LogP contribution is -2.33. The van der Waals surface area contributed by atoms with Gasteiger partial charge in [0, 0.05) is 18.2 Å². The molecule has 30 heavy (non-hydrogen) atoms. The van der Waals surface area contributed by atoms with Gasteiger partial charge in [0.15, 0.2) is 11.5 Å². The molecule has 0 aliphatic rings. The summed E-state index contributed by atoms with van der Waals surface area (Å²) < 4.78 is 39.7. The van der Waals surface area contributed by atoms with Crippen LogP contribution < -0.4 is 19.5 Å². The number of nitrogens with one attached hydrogen (secondary N) is 1. The summed E-state index contributed by atoms with van der Waals surface area (Å²) in [5, 5.41) is 2.87. The third-order valence-corrected chi connectivity index (χ3v) is 4.42. The highest BCUT2D eigenvalue weighted by molar-refractivity contribution is 5.91. The van der Waals surface area contributed by atoms with Gasteiger partial charge in [-0.3, -0.25) is 4.79 Å². The summed E-state index contributed by atoms with van der Waals surface area (Å²) in [5.41, 5.74) is 1.58. The maximum atomic E-state index is 12.4. The van der Waals surface area contributed by atoms with Crippen LogP contribution in [0.3, 0.4) is 0 Å². The van der Waals surface area contributed by atoms with Crippen molar-refractivity contribution < 1.29 is 27.8 Å². The Hall–Kier alpha value is -3.13. The molecule has 2 aromatic carbocycles. The molecule has 162 valence electrons. The lowest BCUT2D eigenvalue weighted by atomic mass is 10.0. The Morgan fingerprint density at radius 2 is 1.77 bits per heavy atom. The van der Waals surface area contributed by atoms with Crippen LogP contribution in [0.1, 0.15) is 17.2 Å². The van der Waals surface area contributed by atoms with Crippen molar-refractivity contribution >= 4 is 12.0 Å². The van der Waals surface area contributed by atoms with Gasteiger partial charge in [-0.2, -0.15) is 8.78 Å². The van der Waals surface area contributed by atoms with E-state index in [4.69, 9.17) is 9.47 Å². The van der Waals surface area contributed by atoms with E-state index in [1.807, 2.05) is 43.3 Å². The van der Waals surface area contributed by atoms with E-state index in [2.05, 4.69) is 10.1 Å². The van der Waals surface area contributed by atoms with Crippen molar-refractivity contribution in [3.05, 3.63) is 59.7 Å². The second-order valence-electron chi connectivity index (χ2n) is 6.59. The minimum Gasteiger partial charge on any atom is -0.496 e. The number of benzene rings is 2. The van der Waals surface area contributed by atoms with Gasteiger partial charge in [0.2, 0.25) is 5.91 Å². The zero-order valence-electron chi connectivity index (χ0n) is 17.4. The van der Waals surface area contributed by atoms with Crippen LogP contribution in [-0.2, 0) is 4.79 Å². The average molecular weight is 420 g/mol. The van der Waals surface area contributed by atoms with Crippen LogP contribution in [0.5, 0.6) is 17.2 Å². The zero-order valence-corrected chi connectivity index (χ0v) is 17.4. The van der Waals surface area contributed by atoms with Crippen LogP contribution in [0.25, 0.3) is 6.08 Å². The average Bonchev–Trinajstić information content (AvgIpc) is 2.72. The lowest BCUT2D eigenvalue weighted by molar-refractivity contribution is -0.116. The van der Waals surface area contributed by atoms with Crippen molar-refractivity contribution in [2.45, 2.75) is 12.7 Å². The lowest BCUT2D eigenvalue weighted by Gasteiger charge is -2.26. The maximum Gasteiger partial charge on any atom is 0.387 e. The number of hydrogen-bond acceptors (Lipinski definition) is 5. The first-order valence-electron chi connectivity index (χ1n) is 9.23. The Bertz CT molecular complexity index is 872. The van der Waals surface area contributed by atoms with E-state index in [1.54, 1.807) is 19.3 Å². The Morgan fingerprint density at radius 1 is 1.07 bits per heavy atom. The number of methoxy groups -OCH3 is 2.